The van der Waals surface area contributed by atoms with Gasteiger partial charge in [-0.3, -0.25) is 9.59 Å². The molecule has 26 heavy (non-hydrogen) atoms. The maximum absolute atomic E-state index is 12.0. The van der Waals surface area contributed by atoms with Crippen LogP contribution < -0.4 is 0 Å². The van der Waals surface area contributed by atoms with Crippen molar-refractivity contribution in [3.8, 4) is 0 Å². The number of carbonyl (C=O) groups is 2. The maximum atomic E-state index is 12.0. The molecule has 0 amide bonds. The minimum absolute atomic E-state index is 0.113. The minimum atomic E-state index is -1.05. The summed E-state index contributed by atoms with van der Waals surface area (Å²) in [6.07, 6.45) is 2.28. The topological polar surface area (TPSA) is 82.1 Å². The van der Waals surface area contributed by atoms with Crippen LogP contribution in [0.1, 0.15) is 26.3 Å². The number of esters is 2. The van der Waals surface area contributed by atoms with Crippen LogP contribution in [0.15, 0.2) is 42.5 Å². The minimum Gasteiger partial charge on any atom is -0.465 e. The summed E-state index contributed by atoms with van der Waals surface area (Å²) in [4.78, 5) is 24.1. The Morgan fingerprint density at radius 2 is 1.62 bits per heavy atom. The molecule has 0 heterocycles. The lowest BCUT2D eigenvalue weighted by Gasteiger charge is -2.18. The quantitative estimate of drug-likeness (QED) is 0.369. The first-order valence-electron chi connectivity index (χ1n) is 8.80. The number of hydrogen-bond donors (Lipinski definition) is 1. The molecule has 0 aliphatic carbocycles. The highest BCUT2D eigenvalue weighted by molar-refractivity contribution is 5.95. The van der Waals surface area contributed by atoms with Gasteiger partial charge in [-0.2, -0.15) is 0 Å². The molecular weight excluding hydrogens is 336 g/mol. The van der Waals surface area contributed by atoms with E-state index in [1.54, 1.807) is 26.8 Å². The van der Waals surface area contributed by atoms with Gasteiger partial charge in [-0.1, -0.05) is 49.4 Å². The second kappa shape index (κ2) is 12.2. The summed E-state index contributed by atoms with van der Waals surface area (Å²) < 4.78 is 15.4. The molecule has 0 unspecified atom stereocenters. The van der Waals surface area contributed by atoms with Crippen LogP contribution in [0.4, 0.5) is 0 Å². The zero-order valence-corrected chi connectivity index (χ0v) is 15.6. The number of hydrogen-bond acceptors (Lipinski definition) is 6. The van der Waals surface area contributed by atoms with Gasteiger partial charge >= 0.3 is 11.9 Å². The van der Waals surface area contributed by atoms with E-state index in [0.29, 0.717) is 6.61 Å². The predicted molar refractivity (Wildman–Crippen MR) is 97.2 cm³/mol. The van der Waals surface area contributed by atoms with Gasteiger partial charge in [0, 0.05) is 0 Å². The molecule has 0 aromatic heterocycles. The Morgan fingerprint density at radius 1 is 1.04 bits per heavy atom. The Labute approximate surface area is 154 Å². The van der Waals surface area contributed by atoms with E-state index in [1.807, 2.05) is 30.3 Å². The normalized spacial score (nSPS) is 13.6. The first-order chi connectivity index (χ1) is 12.5. The van der Waals surface area contributed by atoms with Gasteiger partial charge < -0.3 is 19.3 Å². The fourth-order valence-electron chi connectivity index (χ4n) is 2.33. The molecule has 0 saturated carbocycles. The van der Waals surface area contributed by atoms with E-state index in [0.717, 1.165) is 5.56 Å². The predicted octanol–water partition coefficient (Wildman–Crippen LogP) is 2.50. The fourth-order valence-corrected chi connectivity index (χ4v) is 2.33. The maximum Gasteiger partial charge on any atom is 0.320 e. The largest absolute Gasteiger partial charge is 0.465 e. The van der Waals surface area contributed by atoms with E-state index in [9.17, 15) is 14.7 Å². The van der Waals surface area contributed by atoms with Gasteiger partial charge in [0.2, 0.25) is 0 Å². The van der Waals surface area contributed by atoms with Gasteiger partial charge in [0.15, 0.2) is 5.92 Å². The SMILES string of the molecule is CCOC(=O)C(C(=O)OCC)[C@H](C)/C=C/[C@@H](O)COCc1ccccc1. The first-order valence-corrected chi connectivity index (χ1v) is 8.80. The summed E-state index contributed by atoms with van der Waals surface area (Å²) in [5.74, 6) is -2.78. The van der Waals surface area contributed by atoms with Gasteiger partial charge in [0.05, 0.1) is 32.5 Å². The molecule has 0 spiro atoms. The van der Waals surface area contributed by atoms with Crippen LogP contribution in [0.3, 0.4) is 0 Å². The highest BCUT2D eigenvalue weighted by Gasteiger charge is 2.33. The number of aliphatic hydroxyl groups excluding tert-OH is 1. The smallest absolute Gasteiger partial charge is 0.320 e. The van der Waals surface area contributed by atoms with Gasteiger partial charge in [-0.25, -0.2) is 0 Å². The molecule has 1 rings (SSSR count). The summed E-state index contributed by atoms with van der Waals surface area (Å²) in [5, 5.41) is 10.00. The monoisotopic (exact) mass is 364 g/mol. The first kappa shape index (κ1) is 21.9. The highest BCUT2D eigenvalue weighted by Crippen LogP contribution is 2.18. The summed E-state index contributed by atoms with van der Waals surface area (Å²) >= 11 is 0. The Balaban J connectivity index is 2.55. The van der Waals surface area contributed by atoms with Crippen LogP contribution in [-0.4, -0.2) is 43.0 Å². The molecule has 0 bridgehead atoms. The van der Waals surface area contributed by atoms with Crippen molar-refractivity contribution >= 4 is 11.9 Å². The summed E-state index contributed by atoms with van der Waals surface area (Å²) in [6, 6.07) is 9.64. The van der Waals surface area contributed by atoms with Crippen LogP contribution in [0.5, 0.6) is 0 Å². The zero-order valence-electron chi connectivity index (χ0n) is 15.6. The number of aliphatic hydroxyl groups is 1. The van der Waals surface area contributed by atoms with Gasteiger partial charge in [0.1, 0.15) is 0 Å². The molecule has 144 valence electrons. The van der Waals surface area contributed by atoms with Crippen molar-refractivity contribution in [2.24, 2.45) is 11.8 Å². The summed E-state index contributed by atoms with van der Waals surface area (Å²) in [5.41, 5.74) is 1.02. The second-order valence-corrected chi connectivity index (χ2v) is 5.79. The second-order valence-electron chi connectivity index (χ2n) is 5.79. The van der Waals surface area contributed by atoms with Crippen molar-refractivity contribution in [2.75, 3.05) is 19.8 Å². The van der Waals surface area contributed by atoms with Crippen LogP contribution in [0, 0.1) is 11.8 Å². The molecule has 0 aliphatic rings. The Bertz CT molecular complexity index is 551. The van der Waals surface area contributed by atoms with Crippen molar-refractivity contribution in [1.82, 2.24) is 0 Å². The standard InChI is InChI=1S/C20H28O6/c1-4-25-19(22)18(20(23)26-5-2)15(3)11-12-17(21)14-24-13-16-9-7-6-8-10-16/h6-12,15,17-18,21H,4-5,13-14H2,1-3H3/b12-11+/t15-,17-/m1/s1. The molecular formula is C20H28O6. The molecule has 0 fully saturated rings. The van der Waals surface area contributed by atoms with E-state index in [4.69, 9.17) is 14.2 Å². The average molecular weight is 364 g/mol. The number of allylic oxidation sites excluding steroid dienone is 1. The third-order valence-corrected chi connectivity index (χ3v) is 3.64. The Kier molecular flexibility index (Phi) is 10.3. The number of benzene rings is 1. The lowest BCUT2D eigenvalue weighted by Crippen LogP contribution is -2.32. The van der Waals surface area contributed by atoms with E-state index in [2.05, 4.69) is 0 Å². The lowest BCUT2D eigenvalue weighted by molar-refractivity contribution is -0.163. The van der Waals surface area contributed by atoms with E-state index in [1.165, 1.54) is 6.08 Å². The molecule has 6 heteroatoms. The summed E-state index contributed by atoms with van der Waals surface area (Å²) in [7, 11) is 0. The van der Waals surface area contributed by atoms with Crippen LogP contribution in [0.2, 0.25) is 0 Å². The average Bonchev–Trinajstić information content (AvgIpc) is 2.61. The Morgan fingerprint density at radius 3 is 2.15 bits per heavy atom. The highest BCUT2D eigenvalue weighted by atomic mass is 16.6. The van der Waals surface area contributed by atoms with E-state index >= 15 is 0 Å². The van der Waals surface area contributed by atoms with Crippen molar-refractivity contribution in [3.05, 3.63) is 48.0 Å². The van der Waals surface area contributed by atoms with Crippen LogP contribution in [-0.2, 0) is 30.4 Å². The van der Waals surface area contributed by atoms with Crippen LogP contribution in [0.25, 0.3) is 0 Å². The van der Waals surface area contributed by atoms with Crippen molar-refractivity contribution < 1.29 is 28.9 Å². The fraction of sp³-hybridized carbons (Fsp3) is 0.500. The van der Waals surface area contributed by atoms with Crippen molar-refractivity contribution in [1.29, 1.82) is 0 Å². The Hall–Kier alpha value is -2.18. The van der Waals surface area contributed by atoms with Gasteiger partial charge in [-0.05, 0) is 25.3 Å². The molecule has 6 nitrogen and oxygen atoms in total. The molecule has 2 atom stereocenters. The number of ether oxygens (including phenoxy) is 3. The van der Waals surface area contributed by atoms with E-state index < -0.39 is 29.9 Å². The lowest BCUT2D eigenvalue weighted by atomic mass is 9.93. The molecule has 1 aromatic carbocycles. The third kappa shape index (κ3) is 7.80. The van der Waals surface area contributed by atoms with E-state index in [-0.39, 0.29) is 19.8 Å². The molecule has 1 N–H and O–H groups in total. The van der Waals surface area contributed by atoms with Gasteiger partial charge in [0.25, 0.3) is 0 Å². The zero-order chi connectivity index (χ0) is 19.4. The van der Waals surface area contributed by atoms with Crippen molar-refractivity contribution in [2.45, 2.75) is 33.5 Å². The number of rotatable bonds is 11. The molecule has 1 aromatic rings. The number of carbonyl (C=O) groups excluding carboxylic acids is 2. The van der Waals surface area contributed by atoms with Crippen molar-refractivity contribution in [3.63, 3.8) is 0 Å². The third-order valence-electron chi connectivity index (χ3n) is 3.64. The summed E-state index contributed by atoms with van der Waals surface area (Å²) in [6.45, 7) is 5.93. The van der Waals surface area contributed by atoms with Gasteiger partial charge in [-0.15, -0.1) is 0 Å². The molecule has 0 radical (unpaired) electrons. The molecule has 0 aliphatic heterocycles. The van der Waals surface area contributed by atoms with Crippen LogP contribution >= 0.6 is 0 Å². The molecule has 0 saturated heterocycles.